The molecule has 1 heterocycles. The predicted molar refractivity (Wildman–Crippen MR) is 65.0 cm³/mol. The lowest BCUT2D eigenvalue weighted by Gasteiger charge is -2.21. The molecule has 0 bridgehead atoms. The molecule has 0 aromatic carbocycles. The molecule has 1 rings (SSSR count). The second-order valence-corrected chi connectivity index (χ2v) is 4.99. The minimum Gasteiger partial charge on any atom is -0.302 e. The molecule has 6 heteroatoms. The van der Waals surface area contributed by atoms with E-state index in [0.29, 0.717) is 11.5 Å². The van der Waals surface area contributed by atoms with E-state index in [1.165, 1.54) is 0 Å². The summed E-state index contributed by atoms with van der Waals surface area (Å²) in [6.07, 6.45) is 0. The van der Waals surface area contributed by atoms with Gasteiger partial charge in [0.05, 0.1) is 5.54 Å². The average Bonchev–Trinajstić information content (AvgIpc) is 2.45. The molecule has 0 radical (unpaired) electrons. The second-order valence-electron chi connectivity index (χ2n) is 4.01. The first kappa shape index (κ1) is 12.0. The first-order valence-electron chi connectivity index (χ1n) is 4.31. The van der Waals surface area contributed by atoms with Gasteiger partial charge >= 0.3 is 0 Å². The summed E-state index contributed by atoms with van der Waals surface area (Å²) in [6, 6.07) is 3.50. The summed E-state index contributed by atoms with van der Waals surface area (Å²) in [5.74, 6) is 0.540. The van der Waals surface area contributed by atoms with Gasteiger partial charge in [-0.3, -0.25) is 4.79 Å². The van der Waals surface area contributed by atoms with Crippen LogP contribution in [0.25, 0.3) is 0 Å². The lowest BCUT2D eigenvalue weighted by Crippen LogP contribution is -2.25. The van der Waals surface area contributed by atoms with Crippen molar-refractivity contribution in [3.05, 3.63) is 11.8 Å². The quantitative estimate of drug-likeness (QED) is 0.491. The van der Waals surface area contributed by atoms with Crippen LogP contribution < -0.4 is 5.32 Å². The Kier molecular flexibility index (Phi) is 3.34. The predicted octanol–water partition coefficient (Wildman–Crippen LogP) is 2.48. The molecule has 0 spiro atoms. The molecule has 1 N–H and O–H groups in total. The van der Waals surface area contributed by atoms with E-state index in [4.69, 9.17) is 5.26 Å². The summed E-state index contributed by atoms with van der Waals surface area (Å²) < 4.78 is 1.42. The number of rotatable bonds is 1. The maximum atomic E-state index is 10.9. The summed E-state index contributed by atoms with van der Waals surface area (Å²) in [7, 11) is 0. The first-order chi connectivity index (χ1) is 6.84. The van der Waals surface area contributed by atoms with Crippen LogP contribution in [0.3, 0.4) is 0 Å². The van der Waals surface area contributed by atoms with Crippen LogP contribution in [-0.4, -0.2) is 13.7 Å². The lowest BCUT2D eigenvalue weighted by atomic mass is 10.1. The van der Waals surface area contributed by atoms with Gasteiger partial charge in [-0.15, -0.1) is 0 Å². The van der Waals surface area contributed by atoms with Gasteiger partial charge in [0, 0.05) is 28.7 Å². The van der Waals surface area contributed by atoms with Crippen molar-refractivity contribution in [2.45, 2.75) is 26.3 Å². The molecule has 15 heavy (non-hydrogen) atoms. The second kappa shape index (κ2) is 4.18. The highest BCUT2D eigenvalue weighted by Gasteiger charge is 2.20. The Morgan fingerprint density at radius 1 is 1.67 bits per heavy atom. The number of carbonyl (C=O) groups excluding carboxylic acids is 1. The third-order valence-corrected chi connectivity index (χ3v) is 1.96. The van der Waals surface area contributed by atoms with E-state index in [-0.39, 0.29) is 9.45 Å². The molecule has 0 aliphatic rings. The zero-order valence-corrected chi connectivity index (χ0v) is 10.9. The molecule has 0 fully saturated rings. The average molecular weight is 318 g/mol. The molecule has 0 saturated carbocycles. The van der Waals surface area contributed by atoms with Gasteiger partial charge in [-0.05, 0) is 20.8 Å². The fraction of sp³-hybridized carbons (Fsp3) is 0.444. The third kappa shape index (κ3) is 2.92. The van der Waals surface area contributed by atoms with E-state index < -0.39 is 0 Å². The van der Waals surface area contributed by atoms with Crippen molar-refractivity contribution in [1.82, 2.24) is 9.78 Å². The van der Waals surface area contributed by atoms with Crippen molar-refractivity contribution >= 4 is 32.3 Å². The molecular formula is C9H11IN4O. The van der Waals surface area contributed by atoms with Gasteiger partial charge in [-0.2, -0.15) is 10.4 Å². The molecule has 1 amide bonds. The van der Waals surface area contributed by atoms with Crippen molar-refractivity contribution in [2.24, 2.45) is 0 Å². The Labute approximate surface area is 102 Å². The minimum atomic E-state index is -0.274. The van der Waals surface area contributed by atoms with Gasteiger partial charge in [0.1, 0.15) is 11.9 Å². The summed E-state index contributed by atoms with van der Waals surface area (Å²) >= 11 is 1.64. The van der Waals surface area contributed by atoms with Gasteiger partial charge < -0.3 is 5.32 Å². The Morgan fingerprint density at radius 3 is 2.67 bits per heavy atom. The van der Waals surface area contributed by atoms with Crippen LogP contribution in [0.15, 0.2) is 6.07 Å². The minimum absolute atomic E-state index is 0.206. The molecule has 0 saturated heterocycles. The van der Waals surface area contributed by atoms with Crippen LogP contribution >= 0.6 is 22.6 Å². The normalized spacial score (nSPS) is 10.9. The van der Waals surface area contributed by atoms with E-state index in [0.717, 1.165) is 0 Å². The molecule has 1 aromatic rings. The van der Waals surface area contributed by atoms with E-state index in [1.807, 2.05) is 26.8 Å². The highest BCUT2D eigenvalue weighted by molar-refractivity contribution is 14.1. The number of aromatic nitrogens is 2. The van der Waals surface area contributed by atoms with Crippen LogP contribution in [-0.2, 0) is 5.54 Å². The number of nitriles is 1. The van der Waals surface area contributed by atoms with E-state index in [1.54, 1.807) is 33.3 Å². The van der Waals surface area contributed by atoms with Crippen LogP contribution in [0, 0.1) is 11.3 Å². The fourth-order valence-corrected chi connectivity index (χ4v) is 1.41. The first-order valence-corrected chi connectivity index (χ1v) is 5.39. The van der Waals surface area contributed by atoms with Crippen molar-refractivity contribution in [3.8, 4) is 6.07 Å². The topological polar surface area (TPSA) is 70.7 Å². The van der Waals surface area contributed by atoms with E-state index in [2.05, 4.69) is 10.4 Å². The lowest BCUT2D eigenvalue weighted by molar-refractivity contribution is 0.271. The zero-order chi connectivity index (χ0) is 11.6. The molecule has 0 aliphatic heterocycles. The van der Waals surface area contributed by atoms with Crippen LogP contribution in [0.1, 0.15) is 26.5 Å². The molecule has 0 aliphatic carbocycles. The van der Waals surface area contributed by atoms with E-state index in [9.17, 15) is 4.79 Å². The van der Waals surface area contributed by atoms with Crippen LogP contribution in [0.4, 0.5) is 10.6 Å². The number of amides is 1. The Bertz CT molecular complexity index is 424. The SMILES string of the molecule is CC(C)(C)n1nc(C#N)cc1NC(=O)I. The molecule has 80 valence electrons. The Morgan fingerprint density at radius 2 is 2.27 bits per heavy atom. The summed E-state index contributed by atoms with van der Waals surface area (Å²) in [5.41, 5.74) is 0.0221. The zero-order valence-electron chi connectivity index (χ0n) is 8.71. The molecule has 0 atom stereocenters. The van der Waals surface area contributed by atoms with Gasteiger partial charge in [-0.1, -0.05) is 0 Å². The maximum absolute atomic E-state index is 10.9. The smallest absolute Gasteiger partial charge is 0.286 e. The Balaban J connectivity index is 3.19. The van der Waals surface area contributed by atoms with Crippen molar-refractivity contribution in [2.75, 3.05) is 5.32 Å². The van der Waals surface area contributed by atoms with Crippen LogP contribution in [0.2, 0.25) is 0 Å². The highest BCUT2D eigenvalue weighted by atomic mass is 127. The maximum Gasteiger partial charge on any atom is 0.286 e. The van der Waals surface area contributed by atoms with Gasteiger partial charge in [0.15, 0.2) is 5.69 Å². The molecule has 5 nitrogen and oxygen atoms in total. The number of nitrogens with one attached hydrogen (secondary N) is 1. The summed E-state index contributed by atoms with van der Waals surface area (Å²) in [4.78, 5) is 10.9. The summed E-state index contributed by atoms with van der Waals surface area (Å²) in [5, 5.41) is 15.5. The van der Waals surface area contributed by atoms with Crippen molar-refractivity contribution < 1.29 is 4.79 Å². The third-order valence-electron chi connectivity index (χ3n) is 1.69. The largest absolute Gasteiger partial charge is 0.302 e. The van der Waals surface area contributed by atoms with Gasteiger partial charge in [0.25, 0.3) is 3.91 Å². The fourth-order valence-electron chi connectivity index (χ4n) is 1.14. The molecule has 0 unspecified atom stereocenters. The number of halogens is 1. The number of carbonyl (C=O) groups is 1. The molecule has 1 aromatic heterocycles. The highest BCUT2D eigenvalue weighted by Crippen LogP contribution is 2.21. The number of hydrogen-bond donors (Lipinski definition) is 1. The monoisotopic (exact) mass is 318 g/mol. The number of hydrogen-bond acceptors (Lipinski definition) is 3. The summed E-state index contributed by atoms with van der Waals surface area (Å²) in [6.45, 7) is 5.85. The van der Waals surface area contributed by atoms with Gasteiger partial charge in [0.2, 0.25) is 0 Å². The van der Waals surface area contributed by atoms with E-state index >= 15 is 0 Å². The molecular weight excluding hydrogens is 307 g/mol. The van der Waals surface area contributed by atoms with Crippen molar-refractivity contribution in [1.29, 1.82) is 5.26 Å². The van der Waals surface area contributed by atoms with Crippen LogP contribution in [0.5, 0.6) is 0 Å². The standard InChI is InChI=1S/C9H11IN4O/c1-9(2,3)14-7(12-8(10)15)4-6(5-11)13-14/h4H,1-3H3,(H,12,15). The number of nitrogens with zero attached hydrogens (tertiary/aromatic N) is 3. The number of anilines is 1. The van der Waals surface area contributed by atoms with Crippen molar-refractivity contribution in [3.63, 3.8) is 0 Å². The van der Waals surface area contributed by atoms with Gasteiger partial charge in [-0.25, -0.2) is 4.68 Å². The Hall–Kier alpha value is -1.10.